The molecule has 13 heteroatoms. The maximum absolute atomic E-state index is 13.2. The summed E-state index contributed by atoms with van der Waals surface area (Å²) in [6.45, 7) is 0. The van der Waals surface area contributed by atoms with E-state index in [2.05, 4.69) is 10.6 Å². The molecule has 0 saturated carbocycles. The molecule has 0 saturated heterocycles. The minimum Gasteiger partial charge on any atom is -0.495 e. The number of benzene rings is 3. The number of halogens is 5. The number of methoxy groups -OCH3 is 1. The van der Waals surface area contributed by atoms with Crippen LogP contribution in [0.15, 0.2) is 48.5 Å². The molecule has 2 N–H and O–H groups in total. The lowest BCUT2D eigenvalue weighted by molar-refractivity contribution is -0.137. The number of alkyl halides is 3. The second-order valence-electron chi connectivity index (χ2n) is 7.73. The van der Waals surface area contributed by atoms with Gasteiger partial charge in [0.15, 0.2) is 0 Å². The van der Waals surface area contributed by atoms with Crippen molar-refractivity contribution in [3.05, 3.63) is 75.3 Å². The molecule has 0 fully saturated rings. The maximum atomic E-state index is 13.2. The number of ether oxygens (including phenoxy) is 2. The zero-order valence-corrected chi connectivity index (χ0v) is 20.5. The molecule has 1 aliphatic rings. The van der Waals surface area contributed by atoms with E-state index in [4.69, 9.17) is 32.7 Å². The molecule has 0 aliphatic carbocycles. The van der Waals surface area contributed by atoms with Crippen molar-refractivity contribution in [2.75, 3.05) is 24.8 Å². The van der Waals surface area contributed by atoms with Crippen LogP contribution in [0.25, 0.3) is 0 Å². The van der Waals surface area contributed by atoms with Crippen LogP contribution in [0.1, 0.15) is 26.3 Å². The number of hydrogen-bond donors (Lipinski definition) is 2. The first-order valence-electron chi connectivity index (χ1n) is 10.4. The third-order valence-corrected chi connectivity index (χ3v) is 5.95. The van der Waals surface area contributed by atoms with Crippen LogP contribution in [0.3, 0.4) is 0 Å². The molecule has 0 spiro atoms. The van der Waals surface area contributed by atoms with Gasteiger partial charge in [0, 0.05) is 19.2 Å². The smallest absolute Gasteiger partial charge is 0.417 e. The quantitative estimate of drug-likeness (QED) is 0.343. The maximum Gasteiger partial charge on any atom is 0.417 e. The van der Waals surface area contributed by atoms with Gasteiger partial charge in [-0.05, 0) is 36.4 Å². The third-order valence-electron chi connectivity index (χ3n) is 5.33. The largest absolute Gasteiger partial charge is 0.495 e. The van der Waals surface area contributed by atoms with Gasteiger partial charge in [-0.1, -0.05) is 23.2 Å². The molecular formula is C24H16Cl2F3N3O5. The van der Waals surface area contributed by atoms with Crippen molar-refractivity contribution in [2.45, 2.75) is 6.18 Å². The van der Waals surface area contributed by atoms with Crippen molar-refractivity contribution in [2.24, 2.45) is 0 Å². The van der Waals surface area contributed by atoms with Gasteiger partial charge in [0.2, 0.25) is 0 Å². The fourth-order valence-electron chi connectivity index (χ4n) is 3.52. The monoisotopic (exact) mass is 553 g/mol. The number of rotatable bonds is 5. The van der Waals surface area contributed by atoms with E-state index in [1.807, 2.05) is 0 Å². The molecule has 4 rings (SSSR count). The van der Waals surface area contributed by atoms with Gasteiger partial charge in [0.25, 0.3) is 11.8 Å². The number of urea groups is 1. The lowest BCUT2D eigenvalue weighted by atomic mass is 10.1. The Kier molecular flexibility index (Phi) is 6.94. The fraction of sp³-hybridized carbons (Fsp3) is 0.125. The summed E-state index contributed by atoms with van der Waals surface area (Å²) in [7, 11) is 2.59. The van der Waals surface area contributed by atoms with Gasteiger partial charge in [-0.3, -0.25) is 14.5 Å². The number of imide groups is 1. The number of amides is 4. The number of fused-ring (bicyclic) bond motifs is 1. The van der Waals surface area contributed by atoms with Crippen molar-refractivity contribution in [3.8, 4) is 17.2 Å². The molecule has 3 aromatic carbocycles. The van der Waals surface area contributed by atoms with Crippen LogP contribution in [0.4, 0.5) is 29.3 Å². The zero-order valence-electron chi connectivity index (χ0n) is 19.0. The summed E-state index contributed by atoms with van der Waals surface area (Å²) in [6.07, 6.45) is -4.74. The van der Waals surface area contributed by atoms with E-state index in [0.29, 0.717) is 6.07 Å². The van der Waals surface area contributed by atoms with E-state index >= 15 is 0 Å². The highest BCUT2D eigenvalue weighted by atomic mass is 35.5. The Bertz CT molecular complexity index is 1450. The lowest BCUT2D eigenvalue weighted by Gasteiger charge is -2.16. The Balaban J connectivity index is 1.48. The van der Waals surface area contributed by atoms with Crippen LogP contribution in [0.2, 0.25) is 10.0 Å². The van der Waals surface area contributed by atoms with E-state index in [9.17, 15) is 27.6 Å². The molecule has 37 heavy (non-hydrogen) atoms. The Labute approximate surface area is 217 Å². The number of nitrogens with one attached hydrogen (secondary N) is 2. The van der Waals surface area contributed by atoms with E-state index in [-0.39, 0.29) is 44.8 Å². The molecule has 0 aromatic heterocycles. The topological polar surface area (TPSA) is 97.0 Å². The minimum absolute atomic E-state index is 0.0545. The van der Waals surface area contributed by atoms with Gasteiger partial charge in [-0.2, -0.15) is 13.2 Å². The zero-order chi connectivity index (χ0) is 27.1. The van der Waals surface area contributed by atoms with Crippen LogP contribution in [0.5, 0.6) is 17.2 Å². The van der Waals surface area contributed by atoms with Gasteiger partial charge in [-0.15, -0.1) is 0 Å². The highest BCUT2D eigenvalue weighted by Gasteiger charge is 2.35. The standard InChI is InChI=1S/C24H16Cl2F3N3O5/c1-32-21(33)13-5-3-11(7-14(13)22(32)34)37-12-4-6-18(17(26)8-12)30-23(35)31-19-9-15(24(27,28)29)16(25)10-20(19)36-2/h3-10H,1-2H3,(H2,30,31,35). The van der Waals surface area contributed by atoms with Crippen molar-refractivity contribution in [1.82, 2.24) is 4.90 Å². The predicted molar refractivity (Wildman–Crippen MR) is 130 cm³/mol. The molecule has 0 unspecified atom stereocenters. The molecule has 1 heterocycles. The molecule has 0 bridgehead atoms. The van der Waals surface area contributed by atoms with E-state index in [1.54, 1.807) is 0 Å². The molecule has 8 nitrogen and oxygen atoms in total. The van der Waals surface area contributed by atoms with Crippen LogP contribution in [0, 0.1) is 0 Å². The summed E-state index contributed by atoms with van der Waals surface area (Å²) >= 11 is 11.9. The lowest BCUT2D eigenvalue weighted by Crippen LogP contribution is -2.24. The van der Waals surface area contributed by atoms with Crippen LogP contribution in [-0.4, -0.2) is 36.9 Å². The van der Waals surface area contributed by atoms with Gasteiger partial charge in [-0.25, -0.2) is 4.79 Å². The Morgan fingerprint density at radius 1 is 0.865 bits per heavy atom. The minimum atomic E-state index is -4.74. The third kappa shape index (κ3) is 5.27. The Morgan fingerprint density at radius 2 is 1.49 bits per heavy atom. The predicted octanol–water partition coefficient (Wildman–Crippen LogP) is 6.68. The second-order valence-corrected chi connectivity index (χ2v) is 8.54. The van der Waals surface area contributed by atoms with Gasteiger partial charge < -0.3 is 20.1 Å². The van der Waals surface area contributed by atoms with Crippen molar-refractivity contribution in [1.29, 1.82) is 0 Å². The van der Waals surface area contributed by atoms with Crippen molar-refractivity contribution in [3.63, 3.8) is 0 Å². The first kappa shape index (κ1) is 26.1. The van der Waals surface area contributed by atoms with Crippen molar-refractivity contribution < 1.29 is 37.0 Å². The molecular weight excluding hydrogens is 538 g/mol. The van der Waals surface area contributed by atoms with Crippen LogP contribution >= 0.6 is 23.2 Å². The summed E-state index contributed by atoms with van der Waals surface area (Å²) in [5, 5.41) is 4.18. The number of nitrogens with zero attached hydrogens (tertiary/aromatic N) is 1. The average molecular weight is 554 g/mol. The van der Waals surface area contributed by atoms with Crippen LogP contribution < -0.4 is 20.1 Å². The Hall–Kier alpha value is -3.96. The first-order valence-corrected chi connectivity index (χ1v) is 11.1. The van der Waals surface area contributed by atoms with Gasteiger partial charge in [0.05, 0.1) is 45.2 Å². The Morgan fingerprint density at radius 3 is 2.14 bits per heavy atom. The summed E-state index contributed by atoms with van der Waals surface area (Å²) < 4.78 is 50.3. The summed E-state index contributed by atoms with van der Waals surface area (Å²) in [6, 6.07) is 9.40. The van der Waals surface area contributed by atoms with Crippen LogP contribution in [-0.2, 0) is 6.18 Å². The molecule has 3 aromatic rings. The first-order chi connectivity index (χ1) is 17.4. The molecule has 0 atom stereocenters. The highest BCUT2D eigenvalue weighted by Crippen LogP contribution is 2.40. The fourth-order valence-corrected chi connectivity index (χ4v) is 3.99. The number of carbonyl (C=O) groups is 3. The van der Waals surface area contributed by atoms with E-state index in [0.717, 1.165) is 11.0 Å². The molecule has 0 radical (unpaired) electrons. The highest BCUT2D eigenvalue weighted by molar-refractivity contribution is 6.34. The van der Waals surface area contributed by atoms with Gasteiger partial charge in [0.1, 0.15) is 17.2 Å². The summed E-state index contributed by atoms with van der Waals surface area (Å²) in [5.41, 5.74) is -0.801. The molecule has 4 amide bonds. The number of anilines is 2. The normalized spacial score (nSPS) is 12.9. The van der Waals surface area contributed by atoms with E-state index < -0.39 is 34.6 Å². The summed E-state index contributed by atoms with van der Waals surface area (Å²) in [5.74, 6) is -0.401. The SMILES string of the molecule is COc1cc(Cl)c(C(F)(F)F)cc1NC(=O)Nc1ccc(Oc2ccc3c(c2)C(=O)N(C)C3=O)cc1Cl. The molecule has 192 valence electrons. The summed E-state index contributed by atoms with van der Waals surface area (Å²) in [4.78, 5) is 37.7. The van der Waals surface area contributed by atoms with E-state index in [1.165, 1.54) is 50.6 Å². The van der Waals surface area contributed by atoms with Crippen molar-refractivity contribution >= 4 is 52.4 Å². The van der Waals surface area contributed by atoms with Gasteiger partial charge >= 0.3 is 12.2 Å². The molecule has 1 aliphatic heterocycles. The average Bonchev–Trinajstić information content (AvgIpc) is 3.04. The number of hydrogen-bond acceptors (Lipinski definition) is 5. The number of carbonyl (C=O) groups excluding carboxylic acids is 3. The second kappa shape index (κ2) is 9.83.